The standard InChI is InChI=1S/C46H33N3O2/c1-46(2)37-24-11-10-20-32(37)36-26-40-41(27-38(36)46)50-39-25-13-22-33(42(39)51-40)31-19-8-9-21-35(31)45-48-43(29-15-4-3-5-16-29)47-44(49-45)34-23-12-17-28-14-6-7-18-30(28)34/h3-27,45H,1-2H3,(H,47,48,49). The minimum Gasteiger partial charge on any atom is -0.449 e. The van der Waals surface area contributed by atoms with Crippen LogP contribution < -0.4 is 14.8 Å². The van der Waals surface area contributed by atoms with Crippen molar-refractivity contribution in [1.82, 2.24) is 5.32 Å². The summed E-state index contributed by atoms with van der Waals surface area (Å²) in [6.07, 6.45) is -0.419. The number of hydrogen-bond donors (Lipinski definition) is 1. The molecular weight excluding hydrogens is 627 g/mol. The minimum atomic E-state index is -0.419. The molecule has 0 saturated heterocycles. The first-order chi connectivity index (χ1) is 25.0. The van der Waals surface area contributed by atoms with E-state index >= 15 is 0 Å². The fraction of sp³-hybridized carbons (Fsp3) is 0.0870. The van der Waals surface area contributed by atoms with E-state index in [9.17, 15) is 0 Å². The highest BCUT2D eigenvalue weighted by molar-refractivity contribution is 6.17. The predicted octanol–water partition coefficient (Wildman–Crippen LogP) is 11.2. The van der Waals surface area contributed by atoms with Gasteiger partial charge in [-0.25, -0.2) is 9.98 Å². The van der Waals surface area contributed by atoms with Crippen molar-refractivity contribution in [1.29, 1.82) is 0 Å². The Labute approximate surface area is 296 Å². The predicted molar refractivity (Wildman–Crippen MR) is 205 cm³/mol. The number of benzene rings is 7. The Morgan fingerprint density at radius 3 is 2.14 bits per heavy atom. The summed E-state index contributed by atoms with van der Waals surface area (Å²) in [4.78, 5) is 10.4. The molecule has 7 aromatic rings. The third-order valence-electron chi connectivity index (χ3n) is 10.4. The first kappa shape index (κ1) is 29.5. The Kier molecular flexibility index (Phi) is 6.52. The van der Waals surface area contributed by atoms with E-state index in [1.807, 2.05) is 30.3 Å². The zero-order chi connectivity index (χ0) is 34.1. The van der Waals surface area contributed by atoms with Crippen molar-refractivity contribution in [3.8, 4) is 45.3 Å². The fourth-order valence-electron chi connectivity index (χ4n) is 7.88. The Bertz CT molecular complexity index is 2600. The average molecular weight is 660 g/mol. The van der Waals surface area contributed by atoms with Gasteiger partial charge in [0.15, 0.2) is 28.8 Å². The summed E-state index contributed by atoms with van der Waals surface area (Å²) in [6.45, 7) is 4.55. The monoisotopic (exact) mass is 659 g/mol. The zero-order valence-corrected chi connectivity index (χ0v) is 28.2. The molecule has 0 saturated carbocycles. The van der Waals surface area contributed by atoms with Gasteiger partial charge < -0.3 is 14.8 Å². The van der Waals surface area contributed by atoms with Gasteiger partial charge in [0.05, 0.1) is 0 Å². The van der Waals surface area contributed by atoms with Gasteiger partial charge in [0.1, 0.15) is 12.0 Å². The number of para-hydroxylation sites is 1. The molecule has 0 amide bonds. The van der Waals surface area contributed by atoms with Crippen LogP contribution in [0.5, 0.6) is 23.0 Å². The number of aliphatic imine (C=N–C) groups is 2. The molecule has 0 fully saturated rings. The van der Waals surface area contributed by atoms with Crippen LogP contribution in [0.2, 0.25) is 0 Å². The van der Waals surface area contributed by atoms with Crippen LogP contribution in [0.25, 0.3) is 33.0 Å². The van der Waals surface area contributed by atoms with E-state index in [-0.39, 0.29) is 5.41 Å². The fourth-order valence-corrected chi connectivity index (χ4v) is 7.88. The van der Waals surface area contributed by atoms with E-state index in [0.717, 1.165) is 50.2 Å². The van der Waals surface area contributed by atoms with Crippen molar-refractivity contribution in [3.63, 3.8) is 0 Å². The molecule has 51 heavy (non-hydrogen) atoms. The van der Waals surface area contributed by atoms with Crippen molar-refractivity contribution >= 4 is 22.4 Å². The van der Waals surface area contributed by atoms with Crippen LogP contribution in [0, 0.1) is 0 Å². The van der Waals surface area contributed by atoms with E-state index in [4.69, 9.17) is 19.5 Å². The lowest BCUT2D eigenvalue weighted by Gasteiger charge is -2.28. The quantitative estimate of drug-likeness (QED) is 0.205. The third-order valence-corrected chi connectivity index (χ3v) is 10.4. The molecular formula is C46H33N3O2. The van der Waals surface area contributed by atoms with E-state index in [1.54, 1.807) is 0 Å². The van der Waals surface area contributed by atoms with Crippen molar-refractivity contribution in [3.05, 3.63) is 179 Å². The maximum absolute atomic E-state index is 6.84. The number of rotatable bonds is 4. The largest absolute Gasteiger partial charge is 0.449 e. The summed E-state index contributed by atoms with van der Waals surface area (Å²) < 4.78 is 13.5. The van der Waals surface area contributed by atoms with Crippen LogP contribution in [0.15, 0.2) is 162 Å². The average Bonchev–Trinajstić information content (AvgIpc) is 3.41. The van der Waals surface area contributed by atoms with E-state index in [0.29, 0.717) is 23.1 Å². The third kappa shape index (κ3) is 4.69. The lowest BCUT2D eigenvalue weighted by Crippen LogP contribution is -2.33. The number of amidine groups is 2. The Morgan fingerprint density at radius 1 is 0.549 bits per heavy atom. The van der Waals surface area contributed by atoms with Crippen LogP contribution in [-0.2, 0) is 5.41 Å². The Balaban J connectivity index is 1.09. The zero-order valence-electron chi connectivity index (χ0n) is 28.2. The van der Waals surface area contributed by atoms with Crippen LogP contribution in [-0.4, -0.2) is 11.7 Å². The molecule has 0 bridgehead atoms. The van der Waals surface area contributed by atoms with E-state index in [1.165, 1.54) is 22.3 Å². The summed E-state index contributed by atoms with van der Waals surface area (Å²) in [7, 11) is 0. The lowest BCUT2D eigenvalue weighted by molar-refractivity contribution is 0.360. The maximum Gasteiger partial charge on any atom is 0.177 e. The van der Waals surface area contributed by atoms with Crippen LogP contribution in [0.1, 0.15) is 47.8 Å². The second kappa shape index (κ2) is 11.3. The molecule has 0 spiro atoms. The molecule has 3 aliphatic rings. The van der Waals surface area contributed by atoms with Crippen LogP contribution in [0.4, 0.5) is 0 Å². The second-order valence-electron chi connectivity index (χ2n) is 13.8. The highest BCUT2D eigenvalue weighted by Crippen LogP contribution is 2.56. The first-order valence-electron chi connectivity index (χ1n) is 17.4. The topological polar surface area (TPSA) is 55.2 Å². The highest BCUT2D eigenvalue weighted by atomic mass is 16.6. The Hall–Kier alpha value is -6.46. The van der Waals surface area contributed by atoms with Gasteiger partial charge in [-0.05, 0) is 56.8 Å². The highest BCUT2D eigenvalue weighted by Gasteiger charge is 2.38. The second-order valence-corrected chi connectivity index (χ2v) is 13.8. The number of nitrogens with one attached hydrogen (secondary N) is 1. The van der Waals surface area contributed by atoms with Crippen molar-refractivity contribution in [2.75, 3.05) is 0 Å². The van der Waals surface area contributed by atoms with Gasteiger partial charge in [-0.15, -0.1) is 0 Å². The maximum atomic E-state index is 6.84. The number of ether oxygens (including phenoxy) is 2. The number of nitrogens with zero attached hydrogens (tertiary/aromatic N) is 2. The number of hydrogen-bond acceptors (Lipinski definition) is 5. The van der Waals surface area contributed by atoms with E-state index in [2.05, 4.69) is 140 Å². The van der Waals surface area contributed by atoms with Gasteiger partial charge in [-0.2, -0.15) is 0 Å². The summed E-state index contributed by atoms with van der Waals surface area (Å²) >= 11 is 0. The normalized spacial score (nSPS) is 16.3. The van der Waals surface area contributed by atoms with Gasteiger partial charge in [0.2, 0.25) is 0 Å². The molecule has 244 valence electrons. The smallest absolute Gasteiger partial charge is 0.177 e. The molecule has 7 aromatic carbocycles. The summed E-state index contributed by atoms with van der Waals surface area (Å²) in [5, 5.41) is 5.94. The number of fused-ring (bicyclic) bond motifs is 6. The molecule has 1 aliphatic carbocycles. The van der Waals surface area contributed by atoms with Gasteiger partial charge in [-0.1, -0.05) is 147 Å². The lowest BCUT2D eigenvalue weighted by atomic mass is 9.82. The van der Waals surface area contributed by atoms with Crippen LogP contribution >= 0.6 is 0 Å². The van der Waals surface area contributed by atoms with Crippen molar-refractivity contribution in [2.45, 2.75) is 25.4 Å². The van der Waals surface area contributed by atoms with Gasteiger partial charge in [0, 0.05) is 27.7 Å². The molecule has 1 unspecified atom stereocenters. The molecule has 0 radical (unpaired) electrons. The summed E-state index contributed by atoms with van der Waals surface area (Å²) in [5.41, 5.74) is 9.79. The van der Waals surface area contributed by atoms with Gasteiger partial charge >= 0.3 is 0 Å². The molecule has 10 rings (SSSR count). The van der Waals surface area contributed by atoms with Crippen molar-refractivity contribution in [2.24, 2.45) is 9.98 Å². The van der Waals surface area contributed by atoms with Crippen molar-refractivity contribution < 1.29 is 9.47 Å². The summed E-state index contributed by atoms with van der Waals surface area (Å²) in [6, 6.07) is 52.4. The molecule has 5 nitrogen and oxygen atoms in total. The summed E-state index contributed by atoms with van der Waals surface area (Å²) in [5.74, 6) is 4.28. The van der Waals surface area contributed by atoms with Crippen LogP contribution in [0.3, 0.4) is 0 Å². The molecule has 1 atom stereocenters. The molecule has 2 heterocycles. The SMILES string of the molecule is CC1(C)c2ccccc2-c2cc3c(cc21)Oc1cccc(-c2ccccc2C2N=C(c4cccc5ccccc45)N=C(c4ccccc4)N2)c1O3. The molecule has 2 aliphatic heterocycles. The minimum absolute atomic E-state index is 0.133. The first-order valence-corrected chi connectivity index (χ1v) is 17.4. The van der Waals surface area contributed by atoms with Gasteiger partial charge in [0.25, 0.3) is 0 Å². The Morgan fingerprint density at radius 2 is 1.24 bits per heavy atom. The molecule has 1 N–H and O–H groups in total. The van der Waals surface area contributed by atoms with E-state index < -0.39 is 6.17 Å². The van der Waals surface area contributed by atoms with Gasteiger partial charge in [-0.3, -0.25) is 0 Å². The molecule has 5 heteroatoms. The molecule has 0 aromatic heterocycles.